The summed E-state index contributed by atoms with van der Waals surface area (Å²) in [7, 11) is 0. The van der Waals surface area contributed by atoms with Crippen molar-refractivity contribution in [3.63, 3.8) is 0 Å². The van der Waals surface area contributed by atoms with Gasteiger partial charge in [0.15, 0.2) is 0 Å². The molecule has 0 atom stereocenters. The van der Waals surface area contributed by atoms with Crippen LogP contribution in [0.4, 0.5) is 4.79 Å². The fourth-order valence-corrected chi connectivity index (χ4v) is 3.46. The monoisotopic (exact) mass is 346 g/mol. The minimum absolute atomic E-state index is 0.0353. The van der Waals surface area contributed by atoms with Gasteiger partial charge in [0.1, 0.15) is 0 Å². The van der Waals surface area contributed by atoms with E-state index in [2.05, 4.69) is 22.8 Å². The largest absolute Gasteiger partial charge is 0.480 e. The van der Waals surface area contributed by atoms with E-state index in [0.29, 0.717) is 19.6 Å². The fourth-order valence-electron chi connectivity index (χ4n) is 3.46. The maximum Gasteiger partial charge on any atom is 0.317 e. The molecule has 0 bridgehead atoms. The van der Waals surface area contributed by atoms with Gasteiger partial charge in [-0.15, -0.1) is 0 Å². The molecular formula is C18H26N4O3. The number of aliphatic carboxylic acids is 1. The highest BCUT2D eigenvalue weighted by atomic mass is 16.4. The van der Waals surface area contributed by atoms with Crippen LogP contribution < -0.4 is 10.6 Å². The van der Waals surface area contributed by atoms with E-state index < -0.39 is 5.97 Å². The summed E-state index contributed by atoms with van der Waals surface area (Å²) in [5, 5.41) is 14.4. The Bertz CT molecular complexity index is 629. The SMILES string of the molecule is O=C(O)CN1CC(NC(=O)NCCCc2ccc3c(n2)CCCC3)C1. The number of nitrogens with zero attached hydrogens (tertiary/aromatic N) is 2. The first-order chi connectivity index (χ1) is 12.1. The predicted molar refractivity (Wildman–Crippen MR) is 93.6 cm³/mol. The lowest BCUT2D eigenvalue weighted by atomic mass is 9.95. The molecule has 1 fully saturated rings. The molecule has 0 saturated carbocycles. The number of hydrogen-bond acceptors (Lipinski definition) is 4. The van der Waals surface area contributed by atoms with Crippen LogP contribution >= 0.6 is 0 Å². The molecule has 7 heteroatoms. The number of fused-ring (bicyclic) bond motifs is 1. The molecule has 1 aromatic heterocycles. The molecule has 0 unspecified atom stereocenters. The first-order valence-electron chi connectivity index (χ1n) is 9.06. The first kappa shape index (κ1) is 17.7. The van der Waals surface area contributed by atoms with Gasteiger partial charge < -0.3 is 15.7 Å². The van der Waals surface area contributed by atoms with Gasteiger partial charge in [-0.1, -0.05) is 6.07 Å². The number of carboxylic acids is 1. The van der Waals surface area contributed by atoms with E-state index in [4.69, 9.17) is 10.1 Å². The maximum atomic E-state index is 11.8. The Morgan fingerprint density at radius 1 is 1.24 bits per heavy atom. The molecule has 0 radical (unpaired) electrons. The number of rotatable bonds is 7. The summed E-state index contributed by atoms with van der Waals surface area (Å²) in [5.74, 6) is -0.835. The number of carbonyl (C=O) groups is 2. The highest BCUT2D eigenvalue weighted by Gasteiger charge is 2.28. The van der Waals surface area contributed by atoms with Crippen LogP contribution in [0.1, 0.15) is 36.2 Å². The topological polar surface area (TPSA) is 94.6 Å². The Balaban J connectivity index is 1.30. The minimum Gasteiger partial charge on any atom is -0.480 e. The normalized spacial score (nSPS) is 17.4. The maximum absolute atomic E-state index is 11.8. The lowest BCUT2D eigenvalue weighted by molar-refractivity contribution is -0.139. The van der Waals surface area contributed by atoms with Crippen molar-refractivity contribution in [3.05, 3.63) is 29.1 Å². The second-order valence-corrected chi connectivity index (χ2v) is 6.90. The lowest BCUT2D eigenvalue weighted by Crippen LogP contribution is -2.61. The van der Waals surface area contributed by atoms with Crippen LogP contribution in [0.5, 0.6) is 0 Å². The number of carbonyl (C=O) groups excluding carboxylic acids is 1. The van der Waals surface area contributed by atoms with Crippen molar-refractivity contribution in [2.24, 2.45) is 0 Å². The molecule has 1 aliphatic heterocycles. The average Bonchev–Trinajstić information content (AvgIpc) is 2.56. The van der Waals surface area contributed by atoms with Gasteiger partial charge in [-0.05, 0) is 50.2 Å². The Morgan fingerprint density at radius 2 is 2.04 bits per heavy atom. The molecule has 136 valence electrons. The molecule has 0 spiro atoms. The molecule has 2 amide bonds. The van der Waals surface area contributed by atoms with Gasteiger partial charge in [0.25, 0.3) is 0 Å². The Kier molecular flexibility index (Phi) is 5.86. The van der Waals surface area contributed by atoms with E-state index in [0.717, 1.165) is 31.4 Å². The van der Waals surface area contributed by atoms with E-state index in [1.807, 2.05) is 0 Å². The molecule has 3 N–H and O–H groups in total. The number of pyridine rings is 1. The summed E-state index contributed by atoms with van der Waals surface area (Å²) in [4.78, 5) is 28.9. The van der Waals surface area contributed by atoms with Crippen molar-refractivity contribution in [1.82, 2.24) is 20.5 Å². The van der Waals surface area contributed by atoms with Crippen molar-refractivity contribution in [2.45, 2.75) is 44.6 Å². The standard InChI is InChI=1S/C18H26N4O3/c23-17(24)12-22-10-15(11-22)21-18(25)19-9-3-5-14-8-7-13-4-1-2-6-16(13)20-14/h7-8,15H,1-6,9-12H2,(H,23,24)(H2,19,21,25). The number of nitrogens with one attached hydrogen (secondary N) is 2. The Hall–Kier alpha value is -2.15. The number of urea groups is 1. The van der Waals surface area contributed by atoms with Crippen LogP contribution in [0.2, 0.25) is 0 Å². The summed E-state index contributed by atoms with van der Waals surface area (Å²) >= 11 is 0. The zero-order valence-electron chi connectivity index (χ0n) is 14.5. The summed E-state index contributed by atoms with van der Waals surface area (Å²) in [5.41, 5.74) is 3.75. The molecule has 2 aliphatic rings. The van der Waals surface area contributed by atoms with Gasteiger partial charge in [-0.3, -0.25) is 14.7 Å². The van der Waals surface area contributed by atoms with Gasteiger partial charge in [-0.25, -0.2) is 4.79 Å². The number of likely N-dealkylation sites (tertiary alicyclic amines) is 1. The third kappa shape index (κ3) is 5.16. The molecule has 25 heavy (non-hydrogen) atoms. The molecule has 1 aliphatic carbocycles. The van der Waals surface area contributed by atoms with Crippen molar-refractivity contribution in [1.29, 1.82) is 0 Å². The second-order valence-electron chi connectivity index (χ2n) is 6.90. The quantitative estimate of drug-likeness (QED) is 0.639. The van der Waals surface area contributed by atoms with E-state index >= 15 is 0 Å². The Labute approximate surface area is 147 Å². The number of aryl methyl sites for hydroxylation is 3. The average molecular weight is 346 g/mol. The third-order valence-corrected chi connectivity index (χ3v) is 4.78. The number of hydrogen-bond donors (Lipinski definition) is 3. The van der Waals surface area contributed by atoms with E-state index in [-0.39, 0.29) is 18.6 Å². The molecular weight excluding hydrogens is 320 g/mol. The molecule has 0 aromatic carbocycles. The van der Waals surface area contributed by atoms with Crippen LogP contribution in [0, 0.1) is 0 Å². The van der Waals surface area contributed by atoms with Crippen LogP contribution in [-0.4, -0.2) is 59.2 Å². The zero-order chi connectivity index (χ0) is 17.6. The molecule has 3 rings (SSSR count). The smallest absolute Gasteiger partial charge is 0.317 e. The van der Waals surface area contributed by atoms with Crippen LogP contribution in [0.3, 0.4) is 0 Å². The van der Waals surface area contributed by atoms with Gasteiger partial charge in [0.2, 0.25) is 0 Å². The summed E-state index contributed by atoms with van der Waals surface area (Å²) < 4.78 is 0. The van der Waals surface area contributed by atoms with Gasteiger partial charge in [-0.2, -0.15) is 0 Å². The van der Waals surface area contributed by atoms with Crippen molar-refractivity contribution < 1.29 is 14.7 Å². The zero-order valence-corrected chi connectivity index (χ0v) is 14.5. The third-order valence-electron chi connectivity index (χ3n) is 4.78. The second kappa shape index (κ2) is 8.29. The molecule has 7 nitrogen and oxygen atoms in total. The highest BCUT2D eigenvalue weighted by Crippen LogP contribution is 2.19. The minimum atomic E-state index is -0.835. The highest BCUT2D eigenvalue weighted by molar-refractivity contribution is 5.74. The lowest BCUT2D eigenvalue weighted by Gasteiger charge is -2.38. The van der Waals surface area contributed by atoms with E-state index in [9.17, 15) is 9.59 Å². The summed E-state index contributed by atoms with van der Waals surface area (Å²) in [6.07, 6.45) is 6.45. The summed E-state index contributed by atoms with van der Waals surface area (Å²) in [6.45, 7) is 1.83. The van der Waals surface area contributed by atoms with Gasteiger partial charge in [0.05, 0.1) is 12.6 Å². The van der Waals surface area contributed by atoms with Crippen LogP contribution in [0.25, 0.3) is 0 Å². The molecule has 2 heterocycles. The van der Waals surface area contributed by atoms with Crippen molar-refractivity contribution in [2.75, 3.05) is 26.2 Å². The van der Waals surface area contributed by atoms with Crippen LogP contribution in [0.15, 0.2) is 12.1 Å². The Morgan fingerprint density at radius 3 is 2.84 bits per heavy atom. The van der Waals surface area contributed by atoms with Crippen molar-refractivity contribution in [3.8, 4) is 0 Å². The molecule has 1 saturated heterocycles. The van der Waals surface area contributed by atoms with Crippen LogP contribution in [-0.2, 0) is 24.1 Å². The van der Waals surface area contributed by atoms with E-state index in [1.54, 1.807) is 4.90 Å². The number of aromatic nitrogens is 1. The fraction of sp³-hybridized carbons (Fsp3) is 0.611. The van der Waals surface area contributed by atoms with Gasteiger partial charge in [0, 0.05) is 31.0 Å². The first-order valence-corrected chi connectivity index (χ1v) is 9.06. The number of amides is 2. The van der Waals surface area contributed by atoms with Gasteiger partial charge >= 0.3 is 12.0 Å². The predicted octanol–water partition coefficient (Wildman–Crippen LogP) is 0.961. The summed E-state index contributed by atoms with van der Waals surface area (Å²) in [6, 6.07) is 4.17. The van der Waals surface area contributed by atoms with Crippen molar-refractivity contribution >= 4 is 12.0 Å². The number of carboxylic acid groups (broad SMARTS) is 1. The molecule has 1 aromatic rings. The van der Waals surface area contributed by atoms with E-state index in [1.165, 1.54) is 24.1 Å².